The van der Waals surface area contributed by atoms with Crippen molar-refractivity contribution in [3.63, 3.8) is 0 Å². The molecule has 0 spiro atoms. The van der Waals surface area contributed by atoms with Crippen LogP contribution in [0.1, 0.15) is 11.1 Å². The van der Waals surface area contributed by atoms with Crippen molar-refractivity contribution in [3.05, 3.63) is 56.0 Å². The van der Waals surface area contributed by atoms with Crippen molar-refractivity contribution in [1.82, 2.24) is 0 Å². The van der Waals surface area contributed by atoms with Crippen LogP contribution in [0.2, 0.25) is 10.0 Å². The summed E-state index contributed by atoms with van der Waals surface area (Å²) >= 11 is 15.1. The number of anilines is 1. The normalized spacial score (nSPS) is 11.5. The fourth-order valence-electron chi connectivity index (χ4n) is 1.91. The van der Waals surface area contributed by atoms with Crippen molar-refractivity contribution in [3.8, 4) is 0 Å². The monoisotopic (exact) mass is 407 g/mol. The third-order valence-corrected chi connectivity index (χ3v) is 5.48. The van der Waals surface area contributed by atoms with Crippen LogP contribution in [0.25, 0.3) is 0 Å². The Kier molecular flexibility index (Phi) is 4.88. The first kappa shape index (κ1) is 16.6. The van der Waals surface area contributed by atoms with Gasteiger partial charge in [0.1, 0.15) is 0 Å². The van der Waals surface area contributed by atoms with Gasteiger partial charge < -0.3 is 0 Å². The lowest BCUT2D eigenvalue weighted by atomic mass is 10.1. The van der Waals surface area contributed by atoms with Gasteiger partial charge in [0.25, 0.3) is 10.0 Å². The fourth-order valence-corrected chi connectivity index (χ4v) is 4.19. The molecule has 0 saturated heterocycles. The highest BCUT2D eigenvalue weighted by molar-refractivity contribution is 9.10. The minimum atomic E-state index is -3.72. The molecule has 0 atom stereocenters. The van der Waals surface area contributed by atoms with E-state index in [-0.39, 0.29) is 9.92 Å². The largest absolute Gasteiger partial charge is 0.279 e. The van der Waals surface area contributed by atoms with E-state index in [1.165, 1.54) is 18.2 Å². The molecule has 0 heterocycles. The molecule has 21 heavy (non-hydrogen) atoms. The summed E-state index contributed by atoms with van der Waals surface area (Å²) in [5.74, 6) is 0. The molecule has 0 saturated carbocycles. The molecule has 112 valence electrons. The molecule has 0 aliphatic rings. The summed E-state index contributed by atoms with van der Waals surface area (Å²) in [4.78, 5) is 0.0682. The molecule has 2 rings (SSSR count). The van der Waals surface area contributed by atoms with Crippen LogP contribution in [-0.2, 0) is 10.0 Å². The summed E-state index contributed by atoms with van der Waals surface area (Å²) in [7, 11) is -3.72. The Morgan fingerprint density at radius 1 is 1.00 bits per heavy atom. The highest BCUT2D eigenvalue weighted by Crippen LogP contribution is 2.29. The summed E-state index contributed by atoms with van der Waals surface area (Å²) in [5.41, 5.74) is 2.21. The predicted molar refractivity (Wildman–Crippen MR) is 90.9 cm³/mol. The van der Waals surface area contributed by atoms with E-state index in [1.54, 1.807) is 0 Å². The van der Waals surface area contributed by atoms with Crippen LogP contribution >= 0.6 is 39.1 Å². The number of hydrogen-bond donors (Lipinski definition) is 1. The predicted octanol–water partition coefficient (Wildman–Crippen LogP) is 5.17. The topological polar surface area (TPSA) is 46.2 Å². The zero-order valence-electron chi connectivity index (χ0n) is 11.2. The second kappa shape index (κ2) is 6.16. The number of sulfonamides is 1. The summed E-state index contributed by atoms with van der Waals surface area (Å²) in [6.45, 7) is 3.68. The van der Waals surface area contributed by atoms with Crippen molar-refractivity contribution in [1.29, 1.82) is 0 Å². The SMILES string of the molecule is Cc1cc(Br)cc(C)c1NS(=O)(=O)c1ccc(Cl)c(Cl)c1. The molecule has 0 bridgehead atoms. The third-order valence-electron chi connectivity index (χ3n) is 2.94. The molecule has 0 amide bonds. The first-order valence-corrected chi connectivity index (χ1v) is 8.98. The van der Waals surface area contributed by atoms with Crippen LogP contribution < -0.4 is 4.72 Å². The molecular weight excluding hydrogens is 397 g/mol. The molecule has 0 aliphatic heterocycles. The lowest BCUT2D eigenvalue weighted by Crippen LogP contribution is -2.14. The zero-order valence-corrected chi connectivity index (χ0v) is 15.2. The van der Waals surface area contributed by atoms with Crippen molar-refractivity contribution >= 4 is 54.8 Å². The minimum absolute atomic E-state index is 0.0682. The van der Waals surface area contributed by atoms with E-state index < -0.39 is 10.0 Å². The Hall–Kier alpha value is -0.750. The molecule has 0 unspecified atom stereocenters. The molecule has 2 aromatic rings. The Bertz CT molecular complexity index is 784. The van der Waals surface area contributed by atoms with E-state index in [1.807, 2.05) is 26.0 Å². The van der Waals surface area contributed by atoms with E-state index in [4.69, 9.17) is 23.2 Å². The van der Waals surface area contributed by atoms with Crippen LogP contribution in [0.15, 0.2) is 39.7 Å². The number of nitrogens with one attached hydrogen (secondary N) is 1. The van der Waals surface area contributed by atoms with Crippen molar-refractivity contribution in [2.75, 3.05) is 4.72 Å². The Labute approximate surface area is 142 Å². The average Bonchev–Trinajstić information content (AvgIpc) is 2.37. The zero-order chi connectivity index (χ0) is 15.8. The molecule has 0 fully saturated rings. The molecule has 7 heteroatoms. The van der Waals surface area contributed by atoms with E-state index in [0.29, 0.717) is 10.7 Å². The maximum Gasteiger partial charge on any atom is 0.261 e. The van der Waals surface area contributed by atoms with Gasteiger partial charge in [-0.1, -0.05) is 39.1 Å². The van der Waals surface area contributed by atoms with Crippen molar-refractivity contribution < 1.29 is 8.42 Å². The van der Waals surface area contributed by atoms with Gasteiger partial charge in [-0.2, -0.15) is 0 Å². The van der Waals surface area contributed by atoms with Crippen LogP contribution in [0.3, 0.4) is 0 Å². The van der Waals surface area contributed by atoms with Crippen molar-refractivity contribution in [2.24, 2.45) is 0 Å². The second-order valence-electron chi connectivity index (χ2n) is 4.60. The number of rotatable bonds is 3. The highest BCUT2D eigenvalue weighted by atomic mass is 79.9. The maximum atomic E-state index is 12.4. The van der Waals surface area contributed by atoms with Gasteiger partial charge in [-0.15, -0.1) is 0 Å². The summed E-state index contributed by atoms with van der Waals surface area (Å²) in [6.07, 6.45) is 0. The van der Waals surface area contributed by atoms with E-state index in [0.717, 1.165) is 15.6 Å². The van der Waals surface area contributed by atoms with Gasteiger partial charge in [0.2, 0.25) is 0 Å². The van der Waals surface area contributed by atoms with E-state index in [2.05, 4.69) is 20.7 Å². The molecule has 1 N–H and O–H groups in total. The number of halogens is 3. The molecule has 2 aromatic carbocycles. The quantitative estimate of drug-likeness (QED) is 0.760. The molecule has 0 aliphatic carbocycles. The number of benzene rings is 2. The molecular formula is C14H12BrCl2NO2S. The van der Waals surface area contributed by atoms with Gasteiger partial charge in [-0.3, -0.25) is 4.72 Å². The molecule has 0 radical (unpaired) electrons. The third kappa shape index (κ3) is 3.72. The van der Waals surface area contributed by atoms with Crippen LogP contribution in [-0.4, -0.2) is 8.42 Å². The Morgan fingerprint density at radius 2 is 1.57 bits per heavy atom. The van der Waals surface area contributed by atoms with Gasteiger partial charge >= 0.3 is 0 Å². The highest BCUT2D eigenvalue weighted by Gasteiger charge is 2.18. The molecule has 3 nitrogen and oxygen atoms in total. The van der Waals surface area contributed by atoms with E-state index >= 15 is 0 Å². The fraction of sp³-hybridized carbons (Fsp3) is 0.143. The smallest absolute Gasteiger partial charge is 0.261 e. The van der Waals surface area contributed by atoms with Gasteiger partial charge in [-0.25, -0.2) is 8.42 Å². The standard InChI is InChI=1S/C14H12BrCl2NO2S/c1-8-5-10(15)6-9(2)14(8)18-21(19,20)11-3-4-12(16)13(17)7-11/h3-7,18H,1-2H3. The van der Waals surface area contributed by atoms with E-state index in [9.17, 15) is 8.42 Å². The Balaban J connectivity index is 2.44. The van der Waals surface area contributed by atoms with Gasteiger partial charge in [0, 0.05) is 4.47 Å². The van der Waals surface area contributed by atoms with Crippen LogP contribution in [0.5, 0.6) is 0 Å². The average molecular weight is 409 g/mol. The summed E-state index contributed by atoms with van der Waals surface area (Å²) in [6, 6.07) is 7.90. The Morgan fingerprint density at radius 3 is 2.10 bits per heavy atom. The maximum absolute atomic E-state index is 12.4. The van der Waals surface area contributed by atoms with Gasteiger partial charge in [0.15, 0.2) is 0 Å². The van der Waals surface area contributed by atoms with Crippen LogP contribution in [0.4, 0.5) is 5.69 Å². The lowest BCUT2D eigenvalue weighted by Gasteiger charge is -2.14. The van der Waals surface area contributed by atoms with Gasteiger partial charge in [0.05, 0.1) is 20.6 Å². The van der Waals surface area contributed by atoms with Crippen LogP contribution in [0, 0.1) is 13.8 Å². The first-order valence-electron chi connectivity index (χ1n) is 5.95. The second-order valence-corrected chi connectivity index (χ2v) is 8.01. The summed E-state index contributed by atoms with van der Waals surface area (Å²) < 4.78 is 28.4. The number of aryl methyl sites for hydroxylation is 2. The lowest BCUT2D eigenvalue weighted by molar-refractivity contribution is 0.601. The minimum Gasteiger partial charge on any atom is -0.279 e. The number of hydrogen-bond acceptors (Lipinski definition) is 2. The first-order chi connectivity index (χ1) is 9.70. The molecule has 0 aromatic heterocycles. The van der Waals surface area contributed by atoms with Crippen molar-refractivity contribution in [2.45, 2.75) is 18.7 Å². The summed E-state index contributed by atoms with van der Waals surface area (Å²) in [5, 5.41) is 0.510. The van der Waals surface area contributed by atoms with Gasteiger partial charge in [-0.05, 0) is 55.3 Å².